The molecular weight excluding hydrogens is 300 g/mol. The Kier molecular flexibility index (Phi) is 5.74. The van der Waals surface area contributed by atoms with E-state index in [-0.39, 0.29) is 17.7 Å². The van der Waals surface area contributed by atoms with Crippen molar-refractivity contribution in [3.8, 4) is 0 Å². The lowest BCUT2D eigenvalue weighted by Gasteiger charge is -2.19. The minimum Gasteiger partial charge on any atom is -0.374 e. The standard InChI is InChI=1S/C20H24N2O2/c1-13(2)18-7-5-6-8-19(18)21-14(3)20(24)22-17-11-9-16(10-12-17)15(4)23/h5-14,21H,1-4H3,(H,22,24)/t14-/m0/s1. The first-order valence-electron chi connectivity index (χ1n) is 8.16. The molecular formula is C20H24N2O2. The zero-order valence-corrected chi connectivity index (χ0v) is 14.6. The SMILES string of the molecule is CC(=O)c1ccc(NC(=O)[C@H](C)Nc2ccccc2C(C)C)cc1. The van der Waals surface area contributed by atoms with Crippen molar-refractivity contribution in [2.24, 2.45) is 0 Å². The summed E-state index contributed by atoms with van der Waals surface area (Å²) < 4.78 is 0. The average molecular weight is 324 g/mol. The maximum absolute atomic E-state index is 12.4. The number of carbonyl (C=O) groups excluding carboxylic acids is 2. The average Bonchev–Trinajstić information content (AvgIpc) is 2.55. The maximum Gasteiger partial charge on any atom is 0.246 e. The fourth-order valence-electron chi connectivity index (χ4n) is 2.47. The van der Waals surface area contributed by atoms with Crippen molar-refractivity contribution in [2.75, 3.05) is 10.6 Å². The van der Waals surface area contributed by atoms with Gasteiger partial charge in [-0.25, -0.2) is 0 Å². The predicted molar refractivity (Wildman–Crippen MR) is 98.7 cm³/mol. The molecule has 0 aliphatic heterocycles. The van der Waals surface area contributed by atoms with Crippen LogP contribution in [-0.2, 0) is 4.79 Å². The van der Waals surface area contributed by atoms with Gasteiger partial charge in [0, 0.05) is 16.9 Å². The lowest BCUT2D eigenvalue weighted by molar-refractivity contribution is -0.116. The van der Waals surface area contributed by atoms with Crippen molar-refractivity contribution in [1.29, 1.82) is 0 Å². The minimum absolute atomic E-state index is 0.00760. The monoisotopic (exact) mass is 324 g/mol. The van der Waals surface area contributed by atoms with Crippen LogP contribution in [0.5, 0.6) is 0 Å². The molecule has 2 aromatic rings. The van der Waals surface area contributed by atoms with Gasteiger partial charge in [-0.15, -0.1) is 0 Å². The Hall–Kier alpha value is -2.62. The summed E-state index contributed by atoms with van der Waals surface area (Å²) in [4.78, 5) is 23.7. The van der Waals surface area contributed by atoms with Crippen LogP contribution in [0.1, 0.15) is 49.5 Å². The fraction of sp³-hybridized carbons (Fsp3) is 0.300. The molecule has 0 aromatic heterocycles. The van der Waals surface area contributed by atoms with Gasteiger partial charge in [-0.2, -0.15) is 0 Å². The number of carbonyl (C=O) groups is 2. The van der Waals surface area contributed by atoms with Crippen molar-refractivity contribution in [3.05, 3.63) is 59.7 Å². The number of Topliss-reactive ketones (excluding diaryl/α,β-unsaturated/α-hetero) is 1. The molecule has 2 aromatic carbocycles. The summed E-state index contributed by atoms with van der Waals surface area (Å²) in [5.41, 5.74) is 3.46. The minimum atomic E-state index is -0.377. The van der Waals surface area contributed by atoms with Gasteiger partial charge < -0.3 is 10.6 Å². The Bertz CT molecular complexity index is 721. The van der Waals surface area contributed by atoms with E-state index in [0.717, 1.165) is 5.69 Å². The second-order valence-corrected chi connectivity index (χ2v) is 6.23. The molecule has 0 saturated heterocycles. The first kappa shape index (κ1) is 17.7. The molecule has 0 aliphatic carbocycles. The van der Waals surface area contributed by atoms with E-state index in [4.69, 9.17) is 0 Å². The molecule has 1 atom stereocenters. The van der Waals surface area contributed by atoms with Crippen molar-refractivity contribution < 1.29 is 9.59 Å². The van der Waals surface area contributed by atoms with Gasteiger partial charge in [0.1, 0.15) is 6.04 Å². The number of anilines is 2. The molecule has 0 fully saturated rings. The highest BCUT2D eigenvalue weighted by Crippen LogP contribution is 2.24. The number of ketones is 1. The summed E-state index contributed by atoms with van der Waals surface area (Å²) in [5, 5.41) is 6.14. The molecule has 0 aliphatic rings. The van der Waals surface area contributed by atoms with Crippen LogP contribution in [0.15, 0.2) is 48.5 Å². The van der Waals surface area contributed by atoms with Crippen LogP contribution < -0.4 is 10.6 Å². The van der Waals surface area contributed by atoms with Crippen molar-refractivity contribution in [3.63, 3.8) is 0 Å². The quantitative estimate of drug-likeness (QED) is 0.772. The van der Waals surface area contributed by atoms with E-state index in [1.807, 2.05) is 25.1 Å². The Morgan fingerprint density at radius 2 is 1.54 bits per heavy atom. The number of benzene rings is 2. The molecule has 1 amide bonds. The first-order chi connectivity index (χ1) is 11.4. The van der Waals surface area contributed by atoms with Gasteiger partial charge in [0.2, 0.25) is 5.91 Å². The topological polar surface area (TPSA) is 58.2 Å². The lowest BCUT2D eigenvalue weighted by atomic mass is 10.0. The number of rotatable bonds is 6. The summed E-state index contributed by atoms with van der Waals surface area (Å²) in [6.45, 7) is 7.60. The third kappa shape index (κ3) is 4.44. The molecule has 4 nitrogen and oxygen atoms in total. The predicted octanol–water partition coefficient (Wildman–Crippen LogP) is 4.45. The molecule has 0 radical (unpaired) electrons. The molecule has 2 rings (SSSR count). The van der Waals surface area contributed by atoms with Crippen LogP contribution in [0.3, 0.4) is 0 Å². The highest BCUT2D eigenvalue weighted by Gasteiger charge is 2.15. The molecule has 0 saturated carbocycles. The van der Waals surface area contributed by atoms with Crippen LogP contribution in [0.2, 0.25) is 0 Å². The third-order valence-corrected chi connectivity index (χ3v) is 3.91. The molecule has 0 heterocycles. The molecule has 4 heteroatoms. The van der Waals surface area contributed by atoms with Crippen LogP contribution in [0.25, 0.3) is 0 Å². The number of para-hydroxylation sites is 1. The zero-order valence-electron chi connectivity index (χ0n) is 14.6. The maximum atomic E-state index is 12.4. The summed E-state index contributed by atoms with van der Waals surface area (Å²) >= 11 is 0. The van der Waals surface area contributed by atoms with E-state index in [9.17, 15) is 9.59 Å². The summed E-state index contributed by atoms with van der Waals surface area (Å²) in [5.74, 6) is 0.264. The van der Waals surface area contributed by atoms with Crippen LogP contribution in [0.4, 0.5) is 11.4 Å². The molecule has 0 bridgehead atoms. The largest absolute Gasteiger partial charge is 0.374 e. The van der Waals surface area contributed by atoms with Gasteiger partial charge in [-0.3, -0.25) is 9.59 Å². The van der Waals surface area contributed by atoms with E-state index in [0.29, 0.717) is 17.2 Å². The molecule has 0 unspecified atom stereocenters. The summed E-state index contributed by atoms with van der Waals surface area (Å²) in [7, 11) is 0. The molecule has 0 spiro atoms. The highest BCUT2D eigenvalue weighted by atomic mass is 16.2. The summed E-state index contributed by atoms with van der Waals surface area (Å²) in [6.07, 6.45) is 0. The van der Waals surface area contributed by atoms with Gasteiger partial charge >= 0.3 is 0 Å². The zero-order chi connectivity index (χ0) is 17.7. The number of nitrogens with one attached hydrogen (secondary N) is 2. The number of amides is 1. The molecule has 24 heavy (non-hydrogen) atoms. The number of hydrogen-bond acceptors (Lipinski definition) is 3. The smallest absolute Gasteiger partial charge is 0.246 e. The second-order valence-electron chi connectivity index (χ2n) is 6.23. The highest BCUT2D eigenvalue weighted by molar-refractivity contribution is 5.98. The van der Waals surface area contributed by atoms with Gasteiger partial charge in [0.05, 0.1) is 0 Å². The van der Waals surface area contributed by atoms with E-state index < -0.39 is 0 Å². The van der Waals surface area contributed by atoms with E-state index in [2.05, 4.69) is 30.5 Å². The normalized spacial score (nSPS) is 11.9. The Labute approximate surface area is 143 Å². The fourth-order valence-corrected chi connectivity index (χ4v) is 2.47. The Balaban J connectivity index is 2.03. The van der Waals surface area contributed by atoms with Gasteiger partial charge in [-0.05, 0) is 55.7 Å². The van der Waals surface area contributed by atoms with E-state index in [1.165, 1.54) is 12.5 Å². The second kappa shape index (κ2) is 7.77. The van der Waals surface area contributed by atoms with Crippen LogP contribution in [0, 0.1) is 0 Å². The first-order valence-corrected chi connectivity index (χ1v) is 8.16. The number of hydrogen-bond donors (Lipinski definition) is 2. The van der Waals surface area contributed by atoms with Crippen LogP contribution in [-0.4, -0.2) is 17.7 Å². The third-order valence-electron chi connectivity index (χ3n) is 3.91. The lowest BCUT2D eigenvalue weighted by Crippen LogP contribution is -2.32. The van der Waals surface area contributed by atoms with E-state index in [1.54, 1.807) is 24.3 Å². The van der Waals surface area contributed by atoms with Gasteiger partial charge in [0.25, 0.3) is 0 Å². The van der Waals surface area contributed by atoms with E-state index >= 15 is 0 Å². The van der Waals surface area contributed by atoms with Crippen molar-refractivity contribution >= 4 is 23.1 Å². The van der Waals surface area contributed by atoms with Gasteiger partial charge in [-0.1, -0.05) is 32.0 Å². The van der Waals surface area contributed by atoms with Crippen molar-refractivity contribution in [1.82, 2.24) is 0 Å². The Morgan fingerprint density at radius 1 is 0.917 bits per heavy atom. The molecule has 2 N–H and O–H groups in total. The van der Waals surface area contributed by atoms with Crippen LogP contribution >= 0.6 is 0 Å². The summed E-state index contributed by atoms with van der Waals surface area (Å²) in [6, 6.07) is 14.5. The van der Waals surface area contributed by atoms with Crippen molar-refractivity contribution in [2.45, 2.75) is 39.7 Å². The Morgan fingerprint density at radius 3 is 2.12 bits per heavy atom. The van der Waals surface area contributed by atoms with Gasteiger partial charge in [0.15, 0.2) is 5.78 Å². The molecule has 126 valence electrons.